The second-order valence-corrected chi connectivity index (χ2v) is 9.62. The fourth-order valence-electron chi connectivity index (χ4n) is 5.41. The second kappa shape index (κ2) is 10.7. The molecule has 5 rings (SSSR count). The van der Waals surface area contributed by atoms with Crippen LogP contribution in [-0.4, -0.2) is 75.6 Å². The smallest absolute Gasteiger partial charge is 0.414 e. The summed E-state index contributed by atoms with van der Waals surface area (Å²) in [6.45, 7) is 6.25. The molecular formula is C26H35N7O3. The van der Waals surface area contributed by atoms with Gasteiger partial charge in [-0.2, -0.15) is 5.10 Å². The fourth-order valence-corrected chi connectivity index (χ4v) is 5.41. The van der Waals surface area contributed by atoms with Crippen molar-refractivity contribution >= 4 is 28.7 Å². The average Bonchev–Trinajstić information content (AvgIpc) is 3.66. The molecule has 0 radical (unpaired) electrons. The van der Waals surface area contributed by atoms with Crippen LogP contribution in [0.25, 0.3) is 11.0 Å². The van der Waals surface area contributed by atoms with E-state index >= 15 is 0 Å². The van der Waals surface area contributed by atoms with Gasteiger partial charge >= 0.3 is 6.09 Å². The van der Waals surface area contributed by atoms with Gasteiger partial charge in [-0.15, -0.1) is 0 Å². The van der Waals surface area contributed by atoms with Gasteiger partial charge in [-0.1, -0.05) is 0 Å². The van der Waals surface area contributed by atoms with Gasteiger partial charge in [0.25, 0.3) is 0 Å². The lowest BCUT2D eigenvalue weighted by Gasteiger charge is -2.34. The molecule has 0 aliphatic carbocycles. The van der Waals surface area contributed by atoms with Crippen LogP contribution in [-0.2, 0) is 35.5 Å². The summed E-state index contributed by atoms with van der Waals surface area (Å²) in [6.07, 6.45) is 8.05. The summed E-state index contributed by atoms with van der Waals surface area (Å²) in [7, 11) is 1.42. The molecule has 1 fully saturated rings. The average molecular weight is 494 g/mol. The van der Waals surface area contributed by atoms with Crippen LogP contribution < -0.4 is 10.2 Å². The van der Waals surface area contributed by atoms with Gasteiger partial charge in [-0.25, -0.2) is 9.78 Å². The molecule has 1 saturated heterocycles. The number of imidazole rings is 1. The summed E-state index contributed by atoms with van der Waals surface area (Å²) >= 11 is 0. The number of methoxy groups -OCH3 is 1. The number of aromatic nitrogens is 4. The van der Waals surface area contributed by atoms with E-state index in [2.05, 4.69) is 21.0 Å². The van der Waals surface area contributed by atoms with Crippen molar-refractivity contribution in [2.45, 2.75) is 58.2 Å². The number of anilines is 1. The Kier molecular flexibility index (Phi) is 7.22. The van der Waals surface area contributed by atoms with Crippen molar-refractivity contribution in [2.24, 2.45) is 0 Å². The first-order valence-corrected chi connectivity index (χ1v) is 12.9. The Morgan fingerprint density at radius 3 is 2.78 bits per heavy atom. The number of nitrogens with one attached hydrogen (secondary N) is 1. The molecule has 10 heteroatoms. The van der Waals surface area contributed by atoms with Crippen LogP contribution >= 0.6 is 0 Å². The summed E-state index contributed by atoms with van der Waals surface area (Å²) in [5, 5.41) is 7.66. The van der Waals surface area contributed by atoms with Gasteiger partial charge in [0.15, 0.2) is 0 Å². The first kappa shape index (κ1) is 24.3. The minimum Gasteiger partial charge on any atom is -0.452 e. The fraction of sp³-hybridized carbons (Fsp3) is 0.538. The monoisotopic (exact) mass is 493 g/mol. The topological polar surface area (TPSA) is 97.5 Å². The van der Waals surface area contributed by atoms with Crippen molar-refractivity contribution in [3.8, 4) is 0 Å². The van der Waals surface area contributed by atoms with Gasteiger partial charge in [0.2, 0.25) is 5.91 Å². The predicted molar refractivity (Wildman–Crippen MR) is 137 cm³/mol. The zero-order chi connectivity index (χ0) is 25.1. The number of carbonyl (C=O) groups is 2. The van der Waals surface area contributed by atoms with E-state index in [1.54, 1.807) is 11.1 Å². The summed E-state index contributed by atoms with van der Waals surface area (Å²) in [5.41, 5.74) is 3.96. The molecule has 1 atom stereocenters. The van der Waals surface area contributed by atoms with Gasteiger partial charge < -0.3 is 19.5 Å². The Labute approximate surface area is 211 Å². The second-order valence-electron chi connectivity index (χ2n) is 9.62. The largest absolute Gasteiger partial charge is 0.452 e. The summed E-state index contributed by atoms with van der Waals surface area (Å²) in [6, 6.07) is 6.07. The molecule has 2 aliphatic rings. The maximum absolute atomic E-state index is 12.5. The number of aryl methyl sites for hydroxylation is 3. The molecule has 36 heavy (non-hydrogen) atoms. The maximum atomic E-state index is 12.5. The molecule has 2 aliphatic heterocycles. The zero-order valence-corrected chi connectivity index (χ0v) is 21.2. The number of fused-ring (bicyclic) bond motifs is 3. The summed E-state index contributed by atoms with van der Waals surface area (Å²) in [4.78, 5) is 33.7. The molecule has 10 nitrogen and oxygen atoms in total. The maximum Gasteiger partial charge on any atom is 0.414 e. The molecule has 2 amide bonds. The lowest BCUT2D eigenvalue weighted by Crippen LogP contribution is -2.42. The minimum atomic E-state index is -0.340. The molecule has 0 saturated carbocycles. The van der Waals surface area contributed by atoms with E-state index in [4.69, 9.17) is 9.72 Å². The Morgan fingerprint density at radius 2 is 2.03 bits per heavy atom. The van der Waals surface area contributed by atoms with Crippen molar-refractivity contribution in [3.05, 3.63) is 42.0 Å². The SMILES string of the molecule is COC(=O)N1c2ccc3c(nc(CCn4cccn4)n3CCNCC(=O)N3CCCC3)c2CC[C@@H]1C. The van der Waals surface area contributed by atoms with Gasteiger partial charge in [-0.05, 0) is 50.8 Å². The molecular weight excluding hydrogens is 458 g/mol. The van der Waals surface area contributed by atoms with E-state index in [0.29, 0.717) is 19.6 Å². The highest BCUT2D eigenvalue weighted by atomic mass is 16.5. The Balaban J connectivity index is 1.40. The molecule has 0 spiro atoms. The summed E-state index contributed by atoms with van der Waals surface area (Å²) < 4.78 is 9.22. The molecule has 3 aromatic rings. The quantitative estimate of drug-likeness (QED) is 0.485. The normalized spacial score (nSPS) is 17.6. The molecule has 192 valence electrons. The van der Waals surface area contributed by atoms with Crippen molar-refractivity contribution in [1.29, 1.82) is 0 Å². The number of hydrogen-bond acceptors (Lipinski definition) is 6. The lowest BCUT2D eigenvalue weighted by molar-refractivity contribution is -0.129. The van der Waals surface area contributed by atoms with E-state index in [0.717, 1.165) is 79.8 Å². The molecule has 0 unspecified atom stereocenters. The van der Waals surface area contributed by atoms with Gasteiger partial charge in [-0.3, -0.25) is 14.4 Å². The number of likely N-dealkylation sites (tertiary alicyclic amines) is 1. The van der Waals surface area contributed by atoms with Crippen LogP contribution in [0.5, 0.6) is 0 Å². The minimum absolute atomic E-state index is 0.0705. The molecule has 1 N–H and O–H groups in total. The van der Waals surface area contributed by atoms with E-state index in [1.807, 2.05) is 34.8 Å². The highest BCUT2D eigenvalue weighted by Gasteiger charge is 2.31. The third-order valence-electron chi connectivity index (χ3n) is 7.33. The first-order valence-electron chi connectivity index (χ1n) is 12.9. The van der Waals surface area contributed by atoms with Crippen molar-refractivity contribution in [1.82, 2.24) is 29.5 Å². The highest BCUT2D eigenvalue weighted by Crippen LogP contribution is 2.36. The molecule has 0 bridgehead atoms. The molecule has 1 aromatic carbocycles. The number of benzene rings is 1. The predicted octanol–water partition coefficient (Wildman–Crippen LogP) is 2.60. The van der Waals surface area contributed by atoms with Gasteiger partial charge in [0.1, 0.15) is 5.82 Å². The Morgan fingerprint density at radius 1 is 1.19 bits per heavy atom. The number of rotatable bonds is 8. The number of nitrogens with zero attached hydrogens (tertiary/aromatic N) is 6. The standard InChI is InChI=1S/C26H35N7O3/c1-19-6-7-20-21(33(19)26(35)36-2)8-9-22-25(20)29-23(10-16-31-15-5-11-28-31)32(22)17-12-27-18-24(34)30-13-3-4-14-30/h5,8-9,11,15,19,27H,3-4,6-7,10,12-14,16-18H2,1-2H3/t19-/m0/s1. The Hall–Kier alpha value is -3.40. The third-order valence-corrected chi connectivity index (χ3v) is 7.33. The first-order chi connectivity index (χ1) is 17.6. The van der Waals surface area contributed by atoms with Gasteiger partial charge in [0.05, 0.1) is 30.4 Å². The number of carbonyl (C=O) groups excluding carboxylic acids is 2. The number of hydrogen-bond donors (Lipinski definition) is 1. The van der Waals surface area contributed by atoms with Crippen LogP contribution in [0.2, 0.25) is 0 Å². The number of ether oxygens (including phenoxy) is 1. The summed E-state index contributed by atoms with van der Waals surface area (Å²) in [5.74, 6) is 1.15. The van der Waals surface area contributed by atoms with Crippen LogP contribution in [0, 0.1) is 0 Å². The zero-order valence-electron chi connectivity index (χ0n) is 21.2. The van der Waals surface area contributed by atoms with Crippen LogP contribution in [0.1, 0.15) is 37.6 Å². The van der Waals surface area contributed by atoms with E-state index in [1.165, 1.54) is 7.11 Å². The van der Waals surface area contributed by atoms with Crippen LogP contribution in [0.3, 0.4) is 0 Å². The third kappa shape index (κ3) is 4.82. The van der Waals surface area contributed by atoms with E-state index < -0.39 is 0 Å². The van der Waals surface area contributed by atoms with Crippen LogP contribution in [0.15, 0.2) is 30.6 Å². The molecule has 2 aromatic heterocycles. The lowest BCUT2D eigenvalue weighted by atomic mass is 9.96. The van der Waals surface area contributed by atoms with Crippen LogP contribution in [0.4, 0.5) is 10.5 Å². The van der Waals surface area contributed by atoms with Crippen molar-refractivity contribution in [3.63, 3.8) is 0 Å². The highest BCUT2D eigenvalue weighted by molar-refractivity contribution is 5.95. The Bertz CT molecular complexity index is 1210. The van der Waals surface area contributed by atoms with Crippen molar-refractivity contribution < 1.29 is 14.3 Å². The van der Waals surface area contributed by atoms with Crippen molar-refractivity contribution in [2.75, 3.05) is 38.2 Å². The molecule has 4 heterocycles. The van der Waals surface area contributed by atoms with E-state index in [-0.39, 0.29) is 18.0 Å². The van der Waals surface area contributed by atoms with Gasteiger partial charge in [0, 0.05) is 63.1 Å². The van der Waals surface area contributed by atoms with E-state index in [9.17, 15) is 9.59 Å². The number of amides is 2.